The van der Waals surface area contributed by atoms with Gasteiger partial charge in [0.25, 0.3) is 0 Å². The van der Waals surface area contributed by atoms with Gasteiger partial charge in [-0.1, -0.05) is 97.9 Å². The van der Waals surface area contributed by atoms with E-state index in [0.717, 1.165) is 28.1 Å². The van der Waals surface area contributed by atoms with Gasteiger partial charge < -0.3 is 10.2 Å². The molecule has 3 rings (SSSR count). The summed E-state index contributed by atoms with van der Waals surface area (Å²) in [4.78, 5) is 28.7. The van der Waals surface area contributed by atoms with Gasteiger partial charge in [0.05, 0.1) is 12.8 Å². The SMILES string of the molecule is CCCNC(=O)C(c1ccccc1)N(Cc1ccccc1)C(=O)CN(Cc1ccccc1)S(C)(=O)=O. The Morgan fingerprint density at radius 3 is 1.81 bits per heavy atom. The van der Waals surface area contributed by atoms with E-state index in [0.29, 0.717) is 12.1 Å². The molecule has 36 heavy (non-hydrogen) atoms. The minimum Gasteiger partial charge on any atom is -0.354 e. The van der Waals surface area contributed by atoms with Gasteiger partial charge in [0.15, 0.2) is 0 Å². The molecule has 0 fully saturated rings. The Morgan fingerprint density at radius 2 is 1.31 bits per heavy atom. The number of hydrogen-bond donors (Lipinski definition) is 1. The second kappa shape index (κ2) is 13.0. The van der Waals surface area contributed by atoms with Gasteiger partial charge in [-0.25, -0.2) is 8.42 Å². The van der Waals surface area contributed by atoms with Gasteiger partial charge in [-0.3, -0.25) is 9.59 Å². The number of carbonyl (C=O) groups excluding carboxylic acids is 2. The fourth-order valence-corrected chi connectivity index (χ4v) is 4.60. The van der Waals surface area contributed by atoms with Crippen LogP contribution in [0.4, 0.5) is 0 Å². The second-order valence-electron chi connectivity index (χ2n) is 8.63. The molecular formula is C28H33N3O4S. The Labute approximate surface area is 213 Å². The Hall–Kier alpha value is -3.49. The number of hydrogen-bond acceptors (Lipinski definition) is 4. The molecule has 0 bridgehead atoms. The van der Waals surface area contributed by atoms with Crippen LogP contribution in [0.1, 0.15) is 36.1 Å². The summed E-state index contributed by atoms with van der Waals surface area (Å²) in [6.45, 7) is 2.26. The van der Waals surface area contributed by atoms with Crippen molar-refractivity contribution in [1.29, 1.82) is 0 Å². The van der Waals surface area contributed by atoms with Crippen LogP contribution in [-0.2, 0) is 32.7 Å². The minimum absolute atomic E-state index is 0.0582. The van der Waals surface area contributed by atoms with Crippen LogP contribution < -0.4 is 5.32 Å². The van der Waals surface area contributed by atoms with E-state index in [2.05, 4.69) is 5.32 Å². The summed E-state index contributed by atoms with van der Waals surface area (Å²) in [7, 11) is -3.70. The molecule has 1 atom stereocenters. The Kier molecular flexibility index (Phi) is 9.78. The molecule has 0 radical (unpaired) electrons. The van der Waals surface area contributed by atoms with E-state index in [1.165, 1.54) is 4.90 Å². The van der Waals surface area contributed by atoms with Gasteiger partial charge >= 0.3 is 0 Å². The minimum atomic E-state index is -3.70. The van der Waals surface area contributed by atoms with Crippen molar-refractivity contribution in [2.45, 2.75) is 32.5 Å². The van der Waals surface area contributed by atoms with E-state index >= 15 is 0 Å². The number of sulfonamides is 1. The monoisotopic (exact) mass is 507 g/mol. The predicted octanol–water partition coefficient (Wildman–Crippen LogP) is 3.74. The fourth-order valence-electron chi connectivity index (χ4n) is 3.88. The summed E-state index contributed by atoms with van der Waals surface area (Å²) in [6, 6.07) is 26.7. The zero-order valence-electron chi connectivity index (χ0n) is 20.7. The van der Waals surface area contributed by atoms with Crippen LogP contribution in [0.3, 0.4) is 0 Å². The molecule has 1 N–H and O–H groups in total. The normalized spacial score (nSPS) is 12.2. The van der Waals surface area contributed by atoms with Crippen molar-refractivity contribution in [3.63, 3.8) is 0 Å². The molecule has 0 aliphatic rings. The maximum absolute atomic E-state index is 13.8. The average molecular weight is 508 g/mol. The summed E-state index contributed by atoms with van der Waals surface area (Å²) in [6.07, 6.45) is 1.84. The Bertz CT molecular complexity index is 1220. The largest absolute Gasteiger partial charge is 0.354 e. The van der Waals surface area contributed by atoms with Crippen molar-refractivity contribution < 1.29 is 18.0 Å². The van der Waals surface area contributed by atoms with Crippen molar-refractivity contribution in [3.05, 3.63) is 108 Å². The lowest BCUT2D eigenvalue weighted by Crippen LogP contribution is -2.47. The molecule has 7 nitrogen and oxygen atoms in total. The van der Waals surface area contributed by atoms with Gasteiger partial charge in [0.1, 0.15) is 6.04 Å². The summed E-state index contributed by atoms with van der Waals surface area (Å²) in [5.41, 5.74) is 2.26. The standard InChI is InChI=1S/C28H33N3O4S/c1-3-19-29-28(33)27(25-17-11-6-12-18-25)31(21-24-15-9-5-10-16-24)26(32)22-30(36(2,34)35)20-23-13-7-4-8-14-23/h4-18,27H,3,19-22H2,1-2H3,(H,29,33). The number of amides is 2. The first kappa shape index (κ1) is 27.1. The third-order valence-corrected chi connectivity index (χ3v) is 6.92. The molecule has 0 heterocycles. The van der Waals surface area contributed by atoms with Crippen molar-refractivity contribution in [3.8, 4) is 0 Å². The van der Waals surface area contributed by atoms with Crippen LogP contribution >= 0.6 is 0 Å². The summed E-state index contributed by atoms with van der Waals surface area (Å²) < 4.78 is 26.4. The highest BCUT2D eigenvalue weighted by Gasteiger charge is 2.33. The molecule has 2 amide bonds. The van der Waals surface area contributed by atoms with Crippen molar-refractivity contribution in [2.75, 3.05) is 19.3 Å². The molecule has 0 aliphatic heterocycles. The Balaban J connectivity index is 1.99. The zero-order valence-corrected chi connectivity index (χ0v) is 21.5. The van der Waals surface area contributed by atoms with Crippen LogP contribution in [0.15, 0.2) is 91.0 Å². The maximum atomic E-state index is 13.8. The van der Waals surface area contributed by atoms with E-state index < -0.39 is 22.0 Å². The number of nitrogens with zero attached hydrogens (tertiary/aromatic N) is 2. The molecule has 1 unspecified atom stereocenters. The highest BCUT2D eigenvalue weighted by Crippen LogP contribution is 2.25. The first-order valence-electron chi connectivity index (χ1n) is 11.9. The van der Waals surface area contributed by atoms with E-state index in [9.17, 15) is 18.0 Å². The predicted molar refractivity (Wildman–Crippen MR) is 141 cm³/mol. The fraction of sp³-hybridized carbons (Fsp3) is 0.286. The number of rotatable bonds is 12. The van der Waals surface area contributed by atoms with Gasteiger partial charge in [0.2, 0.25) is 21.8 Å². The van der Waals surface area contributed by atoms with Crippen LogP contribution in [0.25, 0.3) is 0 Å². The molecule has 0 aliphatic carbocycles. The lowest BCUT2D eigenvalue weighted by atomic mass is 10.0. The van der Waals surface area contributed by atoms with Gasteiger partial charge in [-0.2, -0.15) is 4.31 Å². The van der Waals surface area contributed by atoms with Crippen LogP contribution in [0.2, 0.25) is 0 Å². The third-order valence-electron chi connectivity index (χ3n) is 5.72. The molecule has 0 saturated carbocycles. The first-order valence-corrected chi connectivity index (χ1v) is 13.8. The smallest absolute Gasteiger partial charge is 0.247 e. The summed E-state index contributed by atoms with van der Waals surface area (Å²) in [5.74, 6) is -0.762. The van der Waals surface area contributed by atoms with Crippen molar-refractivity contribution >= 4 is 21.8 Å². The molecule has 0 aromatic heterocycles. The molecule has 8 heteroatoms. The van der Waals surface area contributed by atoms with Crippen LogP contribution in [0.5, 0.6) is 0 Å². The quantitative estimate of drug-likeness (QED) is 0.405. The van der Waals surface area contributed by atoms with Crippen molar-refractivity contribution in [1.82, 2.24) is 14.5 Å². The van der Waals surface area contributed by atoms with E-state index in [1.54, 1.807) is 12.1 Å². The van der Waals surface area contributed by atoms with E-state index in [-0.39, 0.29) is 25.5 Å². The Morgan fingerprint density at radius 1 is 0.806 bits per heavy atom. The van der Waals surface area contributed by atoms with Gasteiger partial charge in [-0.15, -0.1) is 0 Å². The lowest BCUT2D eigenvalue weighted by molar-refractivity contribution is -0.141. The second-order valence-corrected chi connectivity index (χ2v) is 10.6. The molecule has 190 valence electrons. The highest BCUT2D eigenvalue weighted by atomic mass is 32.2. The topological polar surface area (TPSA) is 86.8 Å². The van der Waals surface area contributed by atoms with Crippen LogP contribution in [0, 0.1) is 0 Å². The first-order chi connectivity index (χ1) is 17.3. The zero-order chi connectivity index (χ0) is 26.0. The average Bonchev–Trinajstić information content (AvgIpc) is 2.88. The summed E-state index contributed by atoms with van der Waals surface area (Å²) in [5, 5.41) is 2.91. The molecule has 3 aromatic carbocycles. The van der Waals surface area contributed by atoms with Gasteiger partial charge in [0, 0.05) is 19.6 Å². The molecule has 0 saturated heterocycles. The van der Waals surface area contributed by atoms with Crippen LogP contribution in [-0.4, -0.2) is 48.8 Å². The number of nitrogens with one attached hydrogen (secondary N) is 1. The number of carbonyl (C=O) groups is 2. The molecule has 3 aromatic rings. The summed E-state index contributed by atoms with van der Waals surface area (Å²) >= 11 is 0. The lowest BCUT2D eigenvalue weighted by Gasteiger charge is -2.33. The molecule has 0 spiro atoms. The van der Waals surface area contributed by atoms with E-state index in [4.69, 9.17) is 0 Å². The molecular weight excluding hydrogens is 474 g/mol. The highest BCUT2D eigenvalue weighted by molar-refractivity contribution is 7.88. The van der Waals surface area contributed by atoms with E-state index in [1.807, 2.05) is 85.8 Å². The third kappa shape index (κ3) is 7.76. The number of benzene rings is 3. The van der Waals surface area contributed by atoms with Crippen molar-refractivity contribution in [2.24, 2.45) is 0 Å². The van der Waals surface area contributed by atoms with Gasteiger partial charge in [-0.05, 0) is 23.1 Å². The maximum Gasteiger partial charge on any atom is 0.247 e.